The molecule has 164 valence electrons. The maximum atomic E-state index is 13.6. The number of piperidine rings is 1. The van der Waals surface area contributed by atoms with Gasteiger partial charge in [-0.25, -0.2) is 18.0 Å². The summed E-state index contributed by atoms with van der Waals surface area (Å²) in [6, 6.07) is 7.68. The lowest BCUT2D eigenvalue weighted by Crippen LogP contribution is -2.44. The van der Waals surface area contributed by atoms with Crippen molar-refractivity contribution in [3.05, 3.63) is 59.9 Å². The Hall–Kier alpha value is -3.56. The highest BCUT2D eigenvalue weighted by Crippen LogP contribution is 2.18. The summed E-state index contributed by atoms with van der Waals surface area (Å²) in [5.41, 5.74) is 0.0714. The zero-order chi connectivity index (χ0) is 22.4. The summed E-state index contributed by atoms with van der Waals surface area (Å²) in [4.78, 5) is 37.7. The van der Waals surface area contributed by atoms with Gasteiger partial charge in [-0.05, 0) is 55.2 Å². The Bertz CT molecular complexity index is 961. The van der Waals surface area contributed by atoms with Crippen LogP contribution in [0.15, 0.2) is 42.5 Å². The molecule has 4 amide bonds. The summed E-state index contributed by atoms with van der Waals surface area (Å²) in [6.45, 7) is 1.12. The predicted octanol–water partition coefficient (Wildman–Crippen LogP) is 3.10. The number of halogens is 3. The van der Waals surface area contributed by atoms with Crippen LogP contribution in [-0.4, -0.2) is 42.4 Å². The molecule has 2 aromatic carbocycles. The molecule has 31 heavy (non-hydrogen) atoms. The first-order chi connectivity index (χ1) is 14.8. The fourth-order valence-electron chi connectivity index (χ4n) is 3.17. The van der Waals surface area contributed by atoms with E-state index in [-0.39, 0.29) is 18.5 Å². The van der Waals surface area contributed by atoms with E-state index in [9.17, 15) is 27.6 Å². The molecule has 1 aliphatic heterocycles. The summed E-state index contributed by atoms with van der Waals surface area (Å²) < 4.78 is 39.6. The summed E-state index contributed by atoms with van der Waals surface area (Å²) >= 11 is 0. The van der Waals surface area contributed by atoms with Crippen molar-refractivity contribution >= 4 is 29.2 Å². The van der Waals surface area contributed by atoms with Crippen LogP contribution in [0.4, 0.5) is 29.3 Å². The van der Waals surface area contributed by atoms with Gasteiger partial charge in [0.2, 0.25) is 0 Å². The Morgan fingerprint density at radius 1 is 0.871 bits per heavy atom. The second-order valence-electron chi connectivity index (χ2n) is 7.16. The Morgan fingerprint density at radius 2 is 1.52 bits per heavy atom. The first-order valence-electron chi connectivity index (χ1n) is 9.67. The van der Waals surface area contributed by atoms with Gasteiger partial charge in [-0.15, -0.1) is 0 Å². The van der Waals surface area contributed by atoms with Gasteiger partial charge in [0.15, 0.2) is 0 Å². The van der Waals surface area contributed by atoms with E-state index in [1.54, 1.807) is 4.90 Å². The maximum Gasteiger partial charge on any atom is 0.321 e. The van der Waals surface area contributed by atoms with Gasteiger partial charge in [0.1, 0.15) is 17.5 Å². The smallest absolute Gasteiger partial charge is 0.321 e. The highest BCUT2D eigenvalue weighted by Gasteiger charge is 2.24. The molecule has 1 fully saturated rings. The van der Waals surface area contributed by atoms with Crippen molar-refractivity contribution in [1.82, 2.24) is 10.2 Å². The lowest BCUT2D eigenvalue weighted by molar-refractivity contribution is -0.136. The van der Waals surface area contributed by atoms with E-state index in [0.717, 1.165) is 18.2 Å². The molecule has 1 saturated heterocycles. The van der Waals surface area contributed by atoms with Crippen molar-refractivity contribution in [3.63, 3.8) is 0 Å². The van der Waals surface area contributed by atoms with Crippen LogP contribution < -0.4 is 16.0 Å². The van der Waals surface area contributed by atoms with E-state index in [1.165, 1.54) is 24.3 Å². The molecule has 10 heteroatoms. The van der Waals surface area contributed by atoms with E-state index < -0.39 is 35.0 Å². The number of nitrogens with zero attached hydrogens (tertiary/aromatic N) is 1. The number of amides is 4. The third-order valence-electron chi connectivity index (χ3n) is 4.93. The first kappa shape index (κ1) is 22.1. The van der Waals surface area contributed by atoms with Gasteiger partial charge in [0, 0.05) is 31.4 Å². The number of benzene rings is 2. The second-order valence-corrected chi connectivity index (χ2v) is 7.16. The summed E-state index contributed by atoms with van der Waals surface area (Å²) in [6.07, 6.45) is 1.22. The predicted molar refractivity (Wildman–Crippen MR) is 108 cm³/mol. The Morgan fingerprint density at radius 3 is 2.19 bits per heavy atom. The van der Waals surface area contributed by atoms with E-state index in [4.69, 9.17) is 0 Å². The fraction of sp³-hybridized carbons (Fsp3) is 0.286. The summed E-state index contributed by atoms with van der Waals surface area (Å²) in [5.74, 6) is -3.99. The molecule has 2 aromatic rings. The minimum Gasteiger partial charge on any atom is -0.348 e. The Labute approximate surface area is 176 Å². The van der Waals surface area contributed by atoms with Gasteiger partial charge in [-0.2, -0.15) is 0 Å². The van der Waals surface area contributed by atoms with E-state index in [1.807, 2.05) is 5.32 Å². The van der Waals surface area contributed by atoms with Crippen molar-refractivity contribution in [2.75, 3.05) is 30.3 Å². The van der Waals surface area contributed by atoms with E-state index in [2.05, 4.69) is 10.6 Å². The highest BCUT2D eigenvalue weighted by atomic mass is 19.1. The van der Waals surface area contributed by atoms with Crippen LogP contribution in [-0.2, 0) is 9.59 Å². The van der Waals surface area contributed by atoms with Crippen LogP contribution in [0.2, 0.25) is 0 Å². The molecule has 0 atom stereocenters. The summed E-state index contributed by atoms with van der Waals surface area (Å²) in [7, 11) is 0. The molecule has 0 saturated carbocycles. The maximum absolute atomic E-state index is 13.6. The van der Waals surface area contributed by atoms with Gasteiger partial charge >= 0.3 is 17.8 Å². The van der Waals surface area contributed by atoms with Crippen LogP contribution in [0.25, 0.3) is 0 Å². The third-order valence-corrected chi connectivity index (χ3v) is 4.93. The molecular formula is C21H21F3N4O3. The van der Waals surface area contributed by atoms with E-state index in [0.29, 0.717) is 31.6 Å². The average molecular weight is 434 g/mol. The number of urea groups is 1. The molecule has 0 aromatic heterocycles. The SMILES string of the molecule is O=C(NCC1CCN(C(=O)Nc2ccc(F)cc2)CC1)C(=O)Nc1cc(F)ccc1F. The molecule has 0 radical (unpaired) electrons. The molecule has 0 aliphatic carbocycles. The quantitative estimate of drug-likeness (QED) is 0.646. The first-order valence-corrected chi connectivity index (χ1v) is 9.67. The van der Waals surface area contributed by atoms with Crippen LogP contribution in [0, 0.1) is 23.4 Å². The molecule has 1 aliphatic rings. The molecule has 0 bridgehead atoms. The number of rotatable bonds is 4. The van der Waals surface area contributed by atoms with Crippen molar-refractivity contribution in [3.8, 4) is 0 Å². The largest absolute Gasteiger partial charge is 0.348 e. The van der Waals surface area contributed by atoms with Crippen LogP contribution in [0.1, 0.15) is 12.8 Å². The van der Waals surface area contributed by atoms with Crippen molar-refractivity contribution in [2.24, 2.45) is 5.92 Å². The molecule has 0 unspecified atom stereocenters. The van der Waals surface area contributed by atoms with Gasteiger partial charge in [0.25, 0.3) is 0 Å². The zero-order valence-corrected chi connectivity index (χ0v) is 16.5. The molecule has 1 heterocycles. The number of carbonyl (C=O) groups excluding carboxylic acids is 3. The zero-order valence-electron chi connectivity index (χ0n) is 16.5. The Balaban J connectivity index is 1.40. The second kappa shape index (κ2) is 9.96. The summed E-state index contributed by atoms with van der Waals surface area (Å²) in [5, 5.41) is 7.20. The van der Waals surface area contributed by atoms with Crippen LogP contribution >= 0.6 is 0 Å². The minimum absolute atomic E-state index is 0.0533. The van der Waals surface area contributed by atoms with Gasteiger partial charge in [0.05, 0.1) is 5.69 Å². The molecule has 3 N–H and O–H groups in total. The van der Waals surface area contributed by atoms with Crippen molar-refractivity contribution < 1.29 is 27.6 Å². The molecule has 0 spiro atoms. The van der Waals surface area contributed by atoms with Crippen LogP contribution in [0.3, 0.4) is 0 Å². The van der Waals surface area contributed by atoms with E-state index >= 15 is 0 Å². The fourth-order valence-corrected chi connectivity index (χ4v) is 3.17. The van der Waals surface area contributed by atoms with Gasteiger partial charge in [-0.3, -0.25) is 9.59 Å². The normalized spacial score (nSPS) is 14.1. The minimum atomic E-state index is -1.10. The standard InChI is InChI=1S/C21H21F3N4O3/c22-14-1-4-16(5-2-14)26-21(31)28-9-7-13(8-10-28)12-25-19(29)20(30)27-18-11-15(23)3-6-17(18)24/h1-6,11,13H,7-10,12H2,(H,25,29)(H,26,31)(H,27,30). The van der Waals surface area contributed by atoms with Crippen molar-refractivity contribution in [2.45, 2.75) is 12.8 Å². The number of nitrogens with one attached hydrogen (secondary N) is 3. The lowest BCUT2D eigenvalue weighted by Gasteiger charge is -2.32. The Kier molecular flexibility index (Phi) is 7.11. The number of anilines is 2. The number of likely N-dealkylation sites (tertiary alicyclic amines) is 1. The topological polar surface area (TPSA) is 90.5 Å². The lowest BCUT2D eigenvalue weighted by atomic mass is 9.97. The van der Waals surface area contributed by atoms with Gasteiger partial charge in [-0.1, -0.05) is 0 Å². The molecular weight excluding hydrogens is 413 g/mol. The third kappa shape index (κ3) is 6.21. The van der Waals surface area contributed by atoms with Gasteiger partial charge < -0.3 is 20.9 Å². The average Bonchev–Trinajstić information content (AvgIpc) is 2.76. The van der Waals surface area contributed by atoms with Crippen LogP contribution in [0.5, 0.6) is 0 Å². The molecule has 7 nitrogen and oxygen atoms in total. The number of hydrogen-bond donors (Lipinski definition) is 3. The number of carbonyl (C=O) groups is 3. The highest BCUT2D eigenvalue weighted by molar-refractivity contribution is 6.39. The number of hydrogen-bond acceptors (Lipinski definition) is 3. The molecule has 3 rings (SSSR count). The van der Waals surface area contributed by atoms with Crippen molar-refractivity contribution in [1.29, 1.82) is 0 Å². The monoisotopic (exact) mass is 434 g/mol.